The molecule has 0 saturated heterocycles. The van der Waals surface area contributed by atoms with E-state index in [2.05, 4.69) is 31.9 Å². The third-order valence-corrected chi connectivity index (χ3v) is 3.01. The number of hydrogen-bond donors (Lipinski definition) is 1. The number of nitrogens with zero attached hydrogens (tertiary/aromatic N) is 1. The van der Waals surface area contributed by atoms with Crippen molar-refractivity contribution >= 4 is 43.7 Å². The highest BCUT2D eigenvalue weighted by Gasteiger charge is 2.34. The van der Waals surface area contributed by atoms with Gasteiger partial charge in [0.15, 0.2) is 0 Å². The first-order valence-corrected chi connectivity index (χ1v) is 6.71. The Bertz CT molecular complexity index is 514. The van der Waals surface area contributed by atoms with Crippen LogP contribution < -0.4 is 0 Å². The van der Waals surface area contributed by atoms with Crippen molar-refractivity contribution in [1.82, 2.24) is 4.90 Å². The van der Waals surface area contributed by atoms with Crippen LogP contribution in [0.3, 0.4) is 0 Å². The smallest absolute Gasteiger partial charge is 0.406 e. The summed E-state index contributed by atoms with van der Waals surface area (Å²) in [4.78, 5) is 22.8. The van der Waals surface area contributed by atoms with Crippen LogP contribution in [0, 0.1) is 0 Å². The summed E-state index contributed by atoms with van der Waals surface area (Å²) in [5.74, 6) is -2.52. The van der Waals surface area contributed by atoms with Gasteiger partial charge < -0.3 is 10.0 Å². The highest BCUT2D eigenvalue weighted by atomic mass is 79.9. The predicted molar refractivity (Wildman–Crippen MR) is 71.4 cm³/mol. The number of rotatable bonds is 4. The van der Waals surface area contributed by atoms with Crippen molar-refractivity contribution in [3.8, 4) is 0 Å². The molecule has 0 atom stereocenters. The first-order valence-electron chi connectivity index (χ1n) is 5.12. The molecular weight excluding hydrogens is 411 g/mol. The SMILES string of the molecule is O=C(O)CN(CC(F)(F)F)C(=O)c1cc(Br)cc(Br)c1. The molecule has 1 N–H and O–H groups in total. The summed E-state index contributed by atoms with van der Waals surface area (Å²) >= 11 is 6.21. The summed E-state index contributed by atoms with van der Waals surface area (Å²) in [6, 6.07) is 4.23. The van der Waals surface area contributed by atoms with Gasteiger partial charge in [-0.25, -0.2) is 0 Å². The second-order valence-electron chi connectivity index (χ2n) is 3.83. The normalized spacial score (nSPS) is 11.2. The van der Waals surface area contributed by atoms with Crippen LogP contribution in [0.2, 0.25) is 0 Å². The molecule has 4 nitrogen and oxygen atoms in total. The van der Waals surface area contributed by atoms with Gasteiger partial charge in [-0.1, -0.05) is 31.9 Å². The van der Waals surface area contributed by atoms with E-state index in [9.17, 15) is 22.8 Å². The number of carboxylic acids is 1. The molecule has 1 aromatic rings. The average Bonchev–Trinajstić information content (AvgIpc) is 2.23. The van der Waals surface area contributed by atoms with E-state index in [4.69, 9.17) is 5.11 Å². The molecule has 0 fully saturated rings. The maximum Gasteiger partial charge on any atom is 0.406 e. The highest BCUT2D eigenvalue weighted by Crippen LogP contribution is 2.23. The molecule has 0 aliphatic carbocycles. The molecule has 0 unspecified atom stereocenters. The average molecular weight is 419 g/mol. The summed E-state index contributed by atoms with van der Waals surface area (Å²) in [6.45, 7) is -2.65. The quantitative estimate of drug-likeness (QED) is 0.816. The molecule has 1 amide bonds. The number of carboxylic acid groups (broad SMARTS) is 1. The van der Waals surface area contributed by atoms with E-state index in [1.54, 1.807) is 6.07 Å². The molecular formula is C11H8Br2F3NO3. The Hall–Kier alpha value is -1.09. The highest BCUT2D eigenvalue weighted by molar-refractivity contribution is 9.11. The van der Waals surface area contributed by atoms with Crippen molar-refractivity contribution in [2.24, 2.45) is 0 Å². The minimum absolute atomic E-state index is 0.0447. The lowest BCUT2D eigenvalue weighted by Crippen LogP contribution is -2.42. The number of amides is 1. The Morgan fingerprint density at radius 3 is 2.05 bits per heavy atom. The van der Waals surface area contributed by atoms with Crippen molar-refractivity contribution in [2.75, 3.05) is 13.1 Å². The van der Waals surface area contributed by atoms with Gasteiger partial charge in [0.25, 0.3) is 5.91 Å². The van der Waals surface area contributed by atoms with E-state index in [0.717, 1.165) is 0 Å². The van der Waals surface area contributed by atoms with E-state index in [0.29, 0.717) is 8.95 Å². The molecule has 0 aliphatic rings. The molecule has 1 aromatic carbocycles. The van der Waals surface area contributed by atoms with Gasteiger partial charge >= 0.3 is 12.1 Å². The Labute approximate surface area is 128 Å². The molecule has 0 radical (unpaired) electrons. The lowest BCUT2D eigenvalue weighted by atomic mass is 10.2. The molecule has 1 rings (SSSR count). The molecule has 0 aromatic heterocycles. The standard InChI is InChI=1S/C11H8Br2F3NO3/c12-7-1-6(2-8(13)3-7)10(20)17(4-9(18)19)5-11(14,15)16/h1-3H,4-5H2,(H,18,19). The Morgan fingerprint density at radius 1 is 1.15 bits per heavy atom. The van der Waals surface area contributed by atoms with Gasteiger partial charge in [0.05, 0.1) is 0 Å². The number of aliphatic carboxylic acids is 1. The lowest BCUT2D eigenvalue weighted by molar-refractivity contribution is -0.149. The zero-order valence-corrected chi connectivity index (χ0v) is 12.9. The zero-order valence-electron chi connectivity index (χ0n) is 9.75. The summed E-state index contributed by atoms with van der Waals surface area (Å²) in [6.07, 6.45) is -4.67. The summed E-state index contributed by atoms with van der Waals surface area (Å²) in [5.41, 5.74) is -0.0447. The van der Waals surface area contributed by atoms with Gasteiger partial charge in [-0.2, -0.15) is 13.2 Å². The molecule has 20 heavy (non-hydrogen) atoms. The van der Waals surface area contributed by atoms with Crippen LogP contribution in [0.1, 0.15) is 10.4 Å². The largest absolute Gasteiger partial charge is 0.480 e. The van der Waals surface area contributed by atoms with Crippen LogP contribution in [0.25, 0.3) is 0 Å². The Kier molecular flexibility index (Phi) is 5.58. The molecule has 9 heteroatoms. The van der Waals surface area contributed by atoms with Crippen LogP contribution in [-0.4, -0.2) is 41.1 Å². The van der Waals surface area contributed by atoms with Crippen LogP contribution in [0.4, 0.5) is 13.2 Å². The van der Waals surface area contributed by atoms with E-state index in [1.165, 1.54) is 12.1 Å². The van der Waals surface area contributed by atoms with Gasteiger partial charge in [0, 0.05) is 14.5 Å². The van der Waals surface area contributed by atoms with Crippen molar-refractivity contribution in [3.63, 3.8) is 0 Å². The second-order valence-corrected chi connectivity index (χ2v) is 5.66. The van der Waals surface area contributed by atoms with Crippen LogP contribution in [0.5, 0.6) is 0 Å². The maximum absolute atomic E-state index is 12.4. The fraction of sp³-hybridized carbons (Fsp3) is 0.273. The van der Waals surface area contributed by atoms with Gasteiger partial charge in [0.1, 0.15) is 13.1 Å². The van der Waals surface area contributed by atoms with Crippen molar-refractivity contribution in [3.05, 3.63) is 32.7 Å². The number of carbonyl (C=O) groups excluding carboxylic acids is 1. The number of benzene rings is 1. The molecule has 0 aliphatic heterocycles. The van der Waals surface area contributed by atoms with Crippen LogP contribution in [0.15, 0.2) is 27.1 Å². The zero-order chi connectivity index (χ0) is 15.5. The molecule has 0 saturated carbocycles. The monoisotopic (exact) mass is 417 g/mol. The fourth-order valence-corrected chi connectivity index (χ4v) is 2.73. The van der Waals surface area contributed by atoms with Gasteiger partial charge in [-0.15, -0.1) is 0 Å². The first kappa shape index (κ1) is 17.0. The molecule has 110 valence electrons. The van der Waals surface area contributed by atoms with Crippen LogP contribution >= 0.6 is 31.9 Å². The van der Waals surface area contributed by atoms with Gasteiger partial charge in [-0.3, -0.25) is 9.59 Å². The summed E-state index contributed by atoms with van der Waals surface area (Å²) < 4.78 is 38.1. The number of carbonyl (C=O) groups is 2. The second kappa shape index (κ2) is 6.57. The number of alkyl halides is 3. The predicted octanol–water partition coefficient (Wildman–Crippen LogP) is 3.30. The maximum atomic E-state index is 12.4. The third-order valence-electron chi connectivity index (χ3n) is 2.09. The first-order chi connectivity index (χ1) is 9.08. The fourth-order valence-electron chi connectivity index (χ4n) is 1.44. The van der Waals surface area contributed by atoms with E-state index in [1.807, 2.05) is 0 Å². The molecule has 0 heterocycles. The third kappa shape index (κ3) is 5.49. The summed E-state index contributed by atoms with van der Waals surface area (Å²) in [7, 11) is 0. The molecule has 0 bridgehead atoms. The Balaban J connectivity index is 3.06. The van der Waals surface area contributed by atoms with E-state index < -0.39 is 31.1 Å². The van der Waals surface area contributed by atoms with Gasteiger partial charge in [-0.05, 0) is 18.2 Å². The summed E-state index contributed by atoms with van der Waals surface area (Å²) in [5, 5.41) is 8.61. The van der Waals surface area contributed by atoms with Crippen molar-refractivity contribution in [2.45, 2.75) is 6.18 Å². The number of halogens is 5. The Morgan fingerprint density at radius 2 is 1.65 bits per heavy atom. The van der Waals surface area contributed by atoms with Gasteiger partial charge in [0.2, 0.25) is 0 Å². The van der Waals surface area contributed by atoms with E-state index >= 15 is 0 Å². The number of hydrogen-bond acceptors (Lipinski definition) is 2. The molecule has 0 spiro atoms. The topological polar surface area (TPSA) is 57.6 Å². The lowest BCUT2D eigenvalue weighted by Gasteiger charge is -2.22. The minimum atomic E-state index is -4.67. The van der Waals surface area contributed by atoms with Crippen molar-refractivity contribution < 1.29 is 27.9 Å². The van der Waals surface area contributed by atoms with Crippen LogP contribution in [-0.2, 0) is 4.79 Å². The van der Waals surface area contributed by atoms with Crippen molar-refractivity contribution in [1.29, 1.82) is 0 Å². The van der Waals surface area contributed by atoms with E-state index in [-0.39, 0.29) is 10.5 Å². The minimum Gasteiger partial charge on any atom is -0.480 e.